The first kappa shape index (κ1) is 16.7. The summed E-state index contributed by atoms with van der Waals surface area (Å²) in [6.45, 7) is 6.90. The van der Waals surface area contributed by atoms with Crippen molar-refractivity contribution in [1.29, 1.82) is 0 Å². The fraction of sp³-hybridized carbons (Fsp3) is 0.875. The van der Waals surface area contributed by atoms with Gasteiger partial charge in [-0.2, -0.15) is 0 Å². The molecule has 0 aliphatic carbocycles. The van der Waals surface area contributed by atoms with Crippen LogP contribution in [-0.4, -0.2) is 32.7 Å². The fourth-order valence-electron chi connectivity index (χ4n) is 2.24. The Labute approximate surface area is 118 Å². The van der Waals surface area contributed by atoms with Crippen molar-refractivity contribution >= 4 is 0 Å². The molecule has 0 radical (unpaired) electrons. The molecule has 1 heterocycles. The average molecular weight is 270 g/mol. The molecule has 1 unspecified atom stereocenters. The summed E-state index contributed by atoms with van der Waals surface area (Å²) in [7, 11) is 0. The maximum absolute atomic E-state index is 5.70. The molecule has 3 nitrogen and oxygen atoms in total. The van der Waals surface area contributed by atoms with Gasteiger partial charge in [0.05, 0.1) is 6.61 Å². The lowest BCUT2D eigenvalue weighted by Crippen LogP contribution is -2.22. The predicted molar refractivity (Wildman–Crippen MR) is 78.3 cm³/mol. The zero-order valence-corrected chi connectivity index (χ0v) is 12.3. The predicted octanol–water partition coefficient (Wildman–Crippen LogP) is 4.07. The minimum atomic E-state index is 0.0794. The van der Waals surface area contributed by atoms with Crippen molar-refractivity contribution in [2.75, 3.05) is 26.4 Å². The molecule has 0 aromatic carbocycles. The van der Waals surface area contributed by atoms with Gasteiger partial charge >= 0.3 is 0 Å². The van der Waals surface area contributed by atoms with E-state index in [4.69, 9.17) is 14.2 Å². The quantitative estimate of drug-likeness (QED) is 0.395. The number of hydrogen-bond acceptors (Lipinski definition) is 3. The van der Waals surface area contributed by atoms with Crippen LogP contribution in [-0.2, 0) is 14.2 Å². The number of ether oxygens (including phenoxy) is 3. The third-order valence-corrected chi connectivity index (χ3v) is 3.36. The van der Waals surface area contributed by atoms with E-state index >= 15 is 0 Å². The van der Waals surface area contributed by atoms with Crippen LogP contribution in [0.15, 0.2) is 12.7 Å². The first-order chi connectivity index (χ1) is 9.43. The SMILES string of the molecule is C=CCOCCCCCCCCOC1CCCCO1. The minimum absolute atomic E-state index is 0.0794. The zero-order chi connectivity index (χ0) is 13.6. The second kappa shape index (κ2) is 12.6. The van der Waals surface area contributed by atoms with Crippen LogP contribution in [0.1, 0.15) is 57.8 Å². The van der Waals surface area contributed by atoms with E-state index in [1.165, 1.54) is 44.9 Å². The molecule has 1 atom stereocenters. The van der Waals surface area contributed by atoms with E-state index in [1.54, 1.807) is 6.08 Å². The van der Waals surface area contributed by atoms with E-state index in [0.717, 1.165) is 32.7 Å². The normalized spacial score (nSPS) is 19.5. The van der Waals surface area contributed by atoms with Crippen molar-refractivity contribution in [3.8, 4) is 0 Å². The van der Waals surface area contributed by atoms with Crippen LogP contribution >= 0.6 is 0 Å². The minimum Gasteiger partial charge on any atom is -0.377 e. The standard InChI is InChI=1S/C16H30O3/c1-2-12-17-13-8-5-3-4-6-9-14-18-16-11-7-10-15-19-16/h2,16H,1,3-15H2. The summed E-state index contributed by atoms with van der Waals surface area (Å²) in [6.07, 6.45) is 12.9. The lowest BCUT2D eigenvalue weighted by atomic mass is 10.1. The average Bonchev–Trinajstić information content (AvgIpc) is 2.46. The molecular weight excluding hydrogens is 240 g/mol. The van der Waals surface area contributed by atoms with Crippen LogP contribution in [0.5, 0.6) is 0 Å². The van der Waals surface area contributed by atoms with Crippen LogP contribution in [0.3, 0.4) is 0 Å². The zero-order valence-electron chi connectivity index (χ0n) is 12.3. The highest BCUT2D eigenvalue weighted by Crippen LogP contribution is 2.14. The van der Waals surface area contributed by atoms with Gasteiger partial charge in [-0.3, -0.25) is 0 Å². The Morgan fingerprint density at radius 2 is 1.74 bits per heavy atom. The molecule has 3 heteroatoms. The molecule has 0 amide bonds. The molecule has 1 saturated heterocycles. The first-order valence-electron chi connectivity index (χ1n) is 7.85. The molecule has 1 fully saturated rings. The van der Waals surface area contributed by atoms with Crippen LogP contribution in [0.2, 0.25) is 0 Å². The maximum Gasteiger partial charge on any atom is 0.157 e. The largest absolute Gasteiger partial charge is 0.377 e. The van der Waals surface area contributed by atoms with E-state index in [-0.39, 0.29) is 6.29 Å². The lowest BCUT2D eigenvalue weighted by Gasteiger charge is -2.22. The summed E-state index contributed by atoms with van der Waals surface area (Å²) in [4.78, 5) is 0. The molecule has 0 aromatic rings. The van der Waals surface area contributed by atoms with Crippen LogP contribution in [0, 0.1) is 0 Å². The fourth-order valence-corrected chi connectivity index (χ4v) is 2.24. The van der Waals surface area contributed by atoms with Gasteiger partial charge in [0.25, 0.3) is 0 Å². The summed E-state index contributed by atoms with van der Waals surface area (Å²) in [5.41, 5.74) is 0. The van der Waals surface area contributed by atoms with Crippen LogP contribution < -0.4 is 0 Å². The van der Waals surface area contributed by atoms with Gasteiger partial charge in [-0.1, -0.05) is 31.8 Å². The lowest BCUT2D eigenvalue weighted by molar-refractivity contribution is -0.162. The first-order valence-corrected chi connectivity index (χ1v) is 7.85. The summed E-state index contributed by atoms with van der Waals surface area (Å²) in [5.74, 6) is 0. The number of hydrogen-bond donors (Lipinski definition) is 0. The van der Waals surface area contributed by atoms with Crippen molar-refractivity contribution in [2.24, 2.45) is 0 Å². The Hall–Kier alpha value is -0.380. The molecule has 0 bridgehead atoms. The van der Waals surface area contributed by atoms with Gasteiger partial charge < -0.3 is 14.2 Å². The molecule has 1 aliphatic rings. The van der Waals surface area contributed by atoms with Gasteiger partial charge in [0, 0.05) is 19.8 Å². The smallest absolute Gasteiger partial charge is 0.157 e. The van der Waals surface area contributed by atoms with E-state index in [2.05, 4.69) is 6.58 Å². The third kappa shape index (κ3) is 10.1. The summed E-state index contributed by atoms with van der Waals surface area (Å²) in [5, 5.41) is 0. The number of unbranched alkanes of at least 4 members (excludes halogenated alkanes) is 5. The second-order valence-corrected chi connectivity index (χ2v) is 5.15. The van der Waals surface area contributed by atoms with E-state index in [0.29, 0.717) is 6.61 Å². The van der Waals surface area contributed by atoms with E-state index in [1.807, 2.05) is 0 Å². The molecule has 0 saturated carbocycles. The Morgan fingerprint density at radius 1 is 1.00 bits per heavy atom. The summed E-state index contributed by atoms with van der Waals surface area (Å²) in [6, 6.07) is 0. The third-order valence-electron chi connectivity index (χ3n) is 3.36. The van der Waals surface area contributed by atoms with Crippen molar-refractivity contribution in [3.05, 3.63) is 12.7 Å². The highest BCUT2D eigenvalue weighted by atomic mass is 16.7. The Balaban J connectivity index is 1.72. The van der Waals surface area contributed by atoms with Gasteiger partial charge in [0.15, 0.2) is 6.29 Å². The topological polar surface area (TPSA) is 27.7 Å². The molecule has 112 valence electrons. The molecule has 1 rings (SSSR count). The number of rotatable bonds is 12. The van der Waals surface area contributed by atoms with Crippen LogP contribution in [0.4, 0.5) is 0 Å². The molecule has 0 spiro atoms. The Bertz CT molecular complexity index is 200. The Morgan fingerprint density at radius 3 is 2.42 bits per heavy atom. The molecule has 19 heavy (non-hydrogen) atoms. The maximum atomic E-state index is 5.70. The van der Waals surface area contributed by atoms with E-state index in [9.17, 15) is 0 Å². The van der Waals surface area contributed by atoms with Crippen molar-refractivity contribution in [2.45, 2.75) is 64.1 Å². The van der Waals surface area contributed by atoms with Gasteiger partial charge in [0.1, 0.15) is 0 Å². The van der Waals surface area contributed by atoms with Gasteiger partial charge in [-0.05, 0) is 32.1 Å². The van der Waals surface area contributed by atoms with Gasteiger partial charge in [0.2, 0.25) is 0 Å². The second-order valence-electron chi connectivity index (χ2n) is 5.15. The van der Waals surface area contributed by atoms with Gasteiger partial charge in [-0.25, -0.2) is 0 Å². The monoisotopic (exact) mass is 270 g/mol. The molecule has 1 aliphatic heterocycles. The Kier molecular flexibility index (Phi) is 11.1. The summed E-state index contributed by atoms with van der Waals surface area (Å²) >= 11 is 0. The summed E-state index contributed by atoms with van der Waals surface area (Å²) < 4.78 is 16.6. The van der Waals surface area contributed by atoms with Crippen molar-refractivity contribution in [1.82, 2.24) is 0 Å². The van der Waals surface area contributed by atoms with Crippen molar-refractivity contribution in [3.63, 3.8) is 0 Å². The highest BCUT2D eigenvalue weighted by Gasteiger charge is 2.13. The van der Waals surface area contributed by atoms with Crippen LogP contribution in [0.25, 0.3) is 0 Å². The molecular formula is C16H30O3. The van der Waals surface area contributed by atoms with Crippen molar-refractivity contribution < 1.29 is 14.2 Å². The highest BCUT2D eigenvalue weighted by molar-refractivity contribution is 4.63. The molecule has 0 aromatic heterocycles. The molecule has 0 N–H and O–H groups in total. The van der Waals surface area contributed by atoms with E-state index < -0.39 is 0 Å². The van der Waals surface area contributed by atoms with Gasteiger partial charge in [-0.15, -0.1) is 6.58 Å².